The number of nitrogens with zero attached hydrogens (tertiary/aromatic N) is 5. The molecule has 3 aliphatic rings. The highest BCUT2D eigenvalue weighted by atomic mass is 35.5. The molecule has 0 spiro atoms. The van der Waals surface area contributed by atoms with Gasteiger partial charge < -0.3 is 29.1 Å². The van der Waals surface area contributed by atoms with Crippen molar-refractivity contribution in [3.8, 4) is 28.1 Å². The van der Waals surface area contributed by atoms with Gasteiger partial charge in [-0.15, -0.1) is 0 Å². The normalized spacial score (nSPS) is 14.0. The molecule has 0 unspecified atom stereocenters. The molecule has 0 saturated carbocycles. The molecule has 3 fully saturated rings. The average Bonchev–Trinajstić information content (AvgIpc) is 0.802. The SMILES string of the molecule is CC(C)(C)c1cc(-c2ccc(O)cc2)cc(Cl)c1F.CC(C)(C)c1cc(C(=O)N2CCOCC2)cc(Cl)c1F.CC(C)(C)c1cc(CN2CCCCC2)cc(Cl)c1F.CC(C)(C)c1cc(CN2CCOCC2)cc(Cl)c1F.CC(C)(C)c1nc(-c2ccccc2)cc(Cl)c1F.CCC(=O)CCCC(=O)c1cc(Cl)c(F)c(C(C)(C)C)c1.COCCN(C)C(=O)c1cc(Cl)c(F)c(C(C)(C)C)c1. The van der Waals surface area contributed by atoms with Gasteiger partial charge in [0.15, 0.2) is 11.6 Å². The summed E-state index contributed by atoms with van der Waals surface area (Å²) >= 11 is 41.8. The van der Waals surface area contributed by atoms with Gasteiger partial charge in [0, 0.05) is 107 Å². The summed E-state index contributed by atoms with van der Waals surface area (Å²) in [6.07, 6.45) is 5.55. The van der Waals surface area contributed by atoms with Crippen molar-refractivity contribution >= 4 is 105 Å². The summed E-state index contributed by atoms with van der Waals surface area (Å²) in [6.45, 7) is 52.8. The van der Waals surface area contributed by atoms with Crippen molar-refractivity contribution in [3.05, 3.63) is 276 Å². The maximum atomic E-state index is 14.1. The summed E-state index contributed by atoms with van der Waals surface area (Å²) in [5.41, 5.74) is 8.10. The lowest BCUT2D eigenvalue weighted by atomic mass is 9.85. The number of piperidine rings is 1. The second kappa shape index (κ2) is 51.7. The standard InChI is InChI=1S/C17H22ClFO2.C16H23ClFN.C16H16ClFO.C15H19ClFNO2.C15H21ClFNO2.C15H21ClFNO.C15H15ClFN/c1-5-12(20)7-6-8-15(21)11-9-13(17(2,3)4)16(19)14(18)10-11;1-16(2,3)13-9-12(10-14(17)15(13)18)11-19-7-5-4-6-8-19;1-16(2,3)13-8-11(9-14(17)15(13)18)10-4-6-12(19)7-5-10;1-15(2,3)11-8-10(9-12(16)13(11)17)14(19)18-4-6-20-7-5-18;1-15(2,3)11-8-10(9-12(16)13(11)17)14(19)18(4)6-7-20-5;1-15(2,3)12-8-11(9-13(16)14(12)17)10-18-4-6-19-7-5-18;1-15(2,3)14-13(17)11(16)9-12(18-14)10-7-5-4-6-8-10/h9-10H,5-8H2,1-4H3;9-10H,4-8,11H2,1-3H3;4-9,19H,1-3H3;8-9H,4-7H2,1-3H3;8-9H,6-7H2,1-5H3;8-9H,4-7,10H2,1-3H3;4-9H,1-3H3. The molecule has 9 aromatic rings. The van der Waals surface area contributed by atoms with Crippen molar-refractivity contribution in [2.45, 2.75) is 248 Å². The van der Waals surface area contributed by atoms with Gasteiger partial charge >= 0.3 is 0 Å². The van der Waals surface area contributed by atoms with Crippen LogP contribution < -0.4 is 0 Å². The Morgan fingerprint density at radius 2 is 0.787 bits per heavy atom. The summed E-state index contributed by atoms with van der Waals surface area (Å²) in [7, 11) is 3.25. The van der Waals surface area contributed by atoms with Crippen molar-refractivity contribution in [1.29, 1.82) is 0 Å². The van der Waals surface area contributed by atoms with Crippen LogP contribution in [0.3, 0.4) is 0 Å². The quantitative estimate of drug-likeness (QED) is 0.0688. The van der Waals surface area contributed by atoms with Gasteiger partial charge in [-0.1, -0.05) is 295 Å². The monoisotopic (exact) mass is 2020 g/mol. The minimum Gasteiger partial charge on any atom is -0.508 e. The number of phenolic OH excluding ortho intramolecular Hbond substituents is 1. The Morgan fingerprint density at radius 3 is 1.21 bits per heavy atom. The van der Waals surface area contributed by atoms with Gasteiger partial charge in [0.25, 0.3) is 11.8 Å². The van der Waals surface area contributed by atoms with Crippen molar-refractivity contribution < 1.29 is 69.2 Å². The Hall–Kier alpha value is -7.67. The van der Waals surface area contributed by atoms with Gasteiger partial charge in [-0.2, -0.15) is 0 Å². The molecule has 744 valence electrons. The molecule has 2 amide bonds. The number of methoxy groups -OCH3 is 1. The lowest BCUT2D eigenvalue weighted by Crippen LogP contribution is -2.40. The van der Waals surface area contributed by atoms with Gasteiger partial charge in [0.2, 0.25) is 0 Å². The Bertz CT molecular complexity index is 5420. The molecule has 13 nitrogen and oxygen atoms in total. The molecule has 1 N–H and O–H groups in total. The number of hydrogen-bond acceptors (Lipinski definition) is 11. The number of likely N-dealkylation sites (tertiary alicyclic amines) is 1. The third-order valence-corrected chi connectivity index (χ3v) is 24.7. The van der Waals surface area contributed by atoms with E-state index in [9.17, 15) is 55.0 Å². The van der Waals surface area contributed by atoms with E-state index in [4.69, 9.17) is 95.4 Å². The van der Waals surface area contributed by atoms with Gasteiger partial charge in [-0.3, -0.25) is 29.0 Å². The number of aromatic hydroxyl groups is 1. The van der Waals surface area contributed by atoms with Crippen molar-refractivity contribution in [2.24, 2.45) is 0 Å². The Morgan fingerprint density at radius 1 is 0.412 bits per heavy atom. The first-order chi connectivity index (χ1) is 63.1. The molecule has 0 bridgehead atoms. The predicted octanol–water partition coefficient (Wildman–Crippen LogP) is 30.2. The van der Waals surface area contributed by atoms with E-state index in [0.29, 0.717) is 120 Å². The van der Waals surface area contributed by atoms with E-state index in [1.54, 1.807) is 92.7 Å². The van der Waals surface area contributed by atoms with Crippen LogP contribution in [0.25, 0.3) is 22.4 Å². The number of ether oxygens (including phenoxy) is 3. The van der Waals surface area contributed by atoms with Crippen LogP contribution in [-0.2, 0) is 70.0 Å². The van der Waals surface area contributed by atoms with E-state index >= 15 is 0 Å². The largest absolute Gasteiger partial charge is 0.508 e. The highest BCUT2D eigenvalue weighted by molar-refractivity contribution is 6.33. The summed E-state index contributed by atoms with van der Waals surface area (Å²) in [6, 6.07) is 37.8. The molecule has 12 rings (SSSR count). The number of benzene rings is 8. The van der Waals surface area contributed by atoms with Crippen LogP contribution in [0.4, 0.5) is 30.7 Å². The van der Waals surface area contributed by atoms with Gasteiger partial charge in [-0.25, -0.2) is 35.7 Å². The molecule has 27 heteroatoms. The lowest BCUT2D eigenvalue weighted by Gasteiger charge is -2.28. The molecular formula is C109H137Cl7F7N5O8. The summed E-state index contributed by atoms with van der Waals surface area (Å²) in [5.74, 6) is -2.81. The number of carbonyl (C=O) groups is 4. The van der Waals surface area contributed by atoms with Crippen LogP contribution in [0.2, 0.25) is 35.2 Å². The van der Waals surface area contributed by atoms with Crippen LogP contribution in [-0.4, -0.2) is 146 Å². The molecule has 3 aliphatic heterocycles. The Labute approximate surface area is 838 Å². The van der Waals surface area contributed by atoms with Crippen molar-refractivity contribution in [2.75, 3.05) is 93.0 Å². The van der Waals surface area contributed by atoms with E-state index in [-0.39, 0.29) is 110 Å². The zero-order chi connectivity index (χ0) is 102. The predicted molar refractivity (Wildman–Crippen MR) is 545 cm³/mol. The number of pyridine rings is 1. The number of rotatable bonds is 17. The summed E-state index contributed by atoms with van der Waals surface area (Å²) in [5, 5.41) is 9.94. The number of morpholine rings is 2. The fourth-order valence-corrected chi connectivity index (χ4v) is 16.3. The van der Waals surface area contributed by atoms with E-state index in [0.717, 1.165) is 80.3 Å². The minimum atomic E-state index is -0.470. The lowest BCUT2D eigenvalue weighted by molar-refractivity contribution is -0.118. The molecule has 0 radical (unpaired) electrons. The van der Waals surface area contributed by atoms with Crippen LogP contribution in [0.1, 0.15) is 279 Å². The molecule has 136 heavy (non-hydrogen) atoms. The van der Waals surface area contributed by atoms with Crippen molar-refractivity contribution in [1.82, 2.24) is 24.6 Å². The number of amides is 2. The Kier molecular flexibility index (Phi) is 44.5. The van der Waals surface area contributed by atoms with Gasteiger partial charge in [-0.05, 0) is 199 Å². The van der Waals surface area contributed by atoms with Crippen molar-refractivity contribution in [3.63, 3.8) is 0 Å². The number of Topliss-reactive ketones (excluding diaryl/α,β-unsaturated/α-hetero) is 2. The second-order valence-electron chi connectivity index (χ2n) is 41.5. The maximum absolute atomic E-state index is 14.1. The minimum absolute atomic E-state index is 0.00552. The molecule has 1 aromatic heterocycles. The molecule has 0 aliphatic carbocycles. The molecule has 0 atom stereocenters. The third kappa shape index (κ3) is 35.5. The van der Waals surface area contributed by atoms with Crippen LogP contribution in [0.15, 0.2) is 133 Å². The fourth-order valence-electron chi connectivity index (χ4n) is 14.7. The van der Waals surface area contributed by atoms with Crippen LogP contribution in [0.5, 0.6) is 5.75 Å². The van der Waals surface area contributed by atoms with E-state index in [1.165, 1.54) is 42.4 Å². The summed E-state index contributed by atoms with van der Waals surface area (Å²) < 4.78 is 114. The topological polar surface area (TPSA) is 142 Å². The zero-order valence-corrected chi connectivity index (χ0v) is 88.7. The fraction of sp³-hybridized carbons (Fsp3) is 0.477. The van der Waals surface area contributed by atoms with Crippen LogP contribution in [0, 0.1) is 40.7 Å². The Balaban J connectivity index is 0.000000244. The number of halogens is 14. The molecule has 3 saturated heterocycles. The first-order valence-corrected chi connectivity index (χ1v) is 48.6. The second-order valence-corrected chi connectivity index (χ2v) is 44.3. The molecule has 4 heterocycles. The zero-order valence-electron chi connectivity index (χ0n) is 83.4. The number of phenols is 1. The maximum Gasteiger partial charge on any atom is 0.254 e. The number of carbonyl (C=O) groups excluding carboxylic acids is 4. The first-order valence-electron chi connectivity index (χ1n) is 45.9. The van der Waals surface area contributed by atoms with E-state index in [1.807, 2.05) is 194 Å². The highest BCUT2D eigenvalue weighted by Gasteiger charge is 2.32. The number of aromatic nitrogens is 1. The van der Waals surface area contributed by atoms with Crippen LogP contribution >= 0.6 is 81.2 Å². The van der Waals surface area contributed by atoms with Gasteiger partial charge in [0.05, 0.1) is 79.6 Å². The average molecular weight is 2030 g/mol. The summed E-state index contributed by atoms with van der Waals surface area (Å²) in [4.78, 5) is 60.5. The third-order valence-electron chi connectivity index (χ3n) is 22.7. The number of hydrogen-bond donors (Lipinski definition) is 1. The van der Waals surface area contributed by atoms with Gasteiger partial charge in [0.1, 0.15) is 46.4 Å². The molecule has 8 aromatic carbocycles. The number of likely N-dealkylation sites (N-methyl/N-ethyl adjacent to an activating group) is 1. The molecular weight excluding hydrogens is 1890 g/mol. The van der Waals surface area contributed by atoms with E-state index in [2.05, 4.69) is 14.8 Å². The highest BCUT2D eigenvalue weighted by Crippen LogP contribution is 2.40. The first kappa shape index (κ1) is 117. The van der Waals surface area contributed by atoms with E-state index < -0.39 is 39.5 Å². The smallest absolute Gasteiger partial charge is 0.254 e. The number of ketones is 2.